The van der Waals surface area contributed by atoms with Crippen molar-refractivity contribution < 1.29 is 19.8 Å². The summed E-state index contributed by atoms with van der Waals surface area (Å²) in [5, 5.41) is 20.1. The molecule has 0 unspecified atom stereocenters. The fourth-order valence-corrected chi connectivity index (χ4v) is 7.28. The molecule has 2 rings (SSSR count). The van der Waals surface area contributed by atoms with Gasteiger partial charge in [0.15, 0.2) is 0 Å². The molecule has 4 nitrogen and oxygen atoms in total. The lowest BCUT2D eigenvalue weighted by molar-refractivity contribution is -0.255. The van der Waals surface area contributed by atoms with Gasteiger partial charge in [0.2, 0.25) is 0 Å². The highest BCUT2D eigenvalue weighted by Gasteiger charge is 2.10. The van der Waals surface area contributed by atoms with E-state index >= 15 is 0 Å². The third kappa shape index (κ3) is 4.64. The van der Waals surface area contributed by atoms with Gasteiger partial charge in [-0.1, -0.05) is 30.3 Å². The van der Waals surface area contributed by atoms with E-state index in [9.17, 15) is 14.7 Å². The van der Waals surface area contributed by atoms with Crippen LogP contribution in [0.25, 0.3) is 0 Å². The number of hydrogen-bond donors (Lipinski definition) is 1. The first-order valence-electron chi connectivity index (χ1n) is 5.90. The molecule has 8 heteroatoms. The lowest BCUT2D eigenvalue weighted by Crippen LogP contribution is -2.22. The van der Waals surface area contributed by atoms with Crippen molar-refractivity contribution >= 4 is 53.2 Å². The Morgan fingerprint density at radius 2 is 1.27 bits per heavy atom. The van der Waals surface area contributed by atoms with Crippen molar-refractivity contribution in [1.29, 1.82) is 0 Å². The van der Waals surface area contributed by atoms with Crippen molar-refractivity contribution in [3.8, 4) is 0 Å². The van der Waals surface area contributed by atoms with E-state index in [0.29, 0.717) is 9.79 Å². The summed E-state index contributed by atoms with van der Waals surface area (Å²) in [7, 11) is 5.36. The predicted octanol–water partition coefficient (Wildman–Crippen LogP) is 3.84. The molecule has 0 fully saturated rings. The van der Waals surface area contributed by atoms with E-state index in [4.69, 9.17) is 5.11 Å². The van der Waals surface area contributed by atoms with Gasteiger partial charge < -0.3 is 15.0 Å². The lowest BCUT2D eigenvalue weighted by Gasteiger charge is -2.08. The molecule has 0 saturated heterocycles. The summed E-state index contributed by atoms with van der Waals surface area (Å²) >= 11 is 0. The van der Waals surface area contributed by atoms with Crippen LogP contribution in [0.2, 0.25) is 0 Å². The van der Waals surface area contributed by atoms with Gasteiger partial charge in [-0.05, 0) is 59.4 Å². The van der Waals surface area contributed by atoms with E-state index in [0.717, 1.165) is 0 Å². The van der Waals surface area contributed by atoms with Crippen LogP contribution in [0.15, 0.2) is 58.3 Å². The van der Waals surface area contributed by atoms with Crippen LogP contribution in [0, 0.1) is 0 Å². The van der Waals surface area contributed by atoms with Gasteiger partial charge in [0.25, 0.3) is 0 Å². The van der Waals surface area contributed by atoms with Crippen LogP contribution < -0.4 is 5.11 Å². The molecule has 0 aliphatic rings. The van der Waals surface area contributed by atoms with Crippen LogP contribution in [-0.2, 0) is 0 Å². The van der Waals surface area contributed by atoms with Crippen LogP contribution >= 0.6 is 41.2 Å². The minimum absolute atomic E-state index is 0.150. The SMILES string of the molecule is O=C([O-])c1ccccc1SSSSc1ccccc1C(=O)O. The third-order valence-electron chi connectivity index (χ3n) is 2.50. The van der Waals surface area contributed by atoms with Gasteiger partial charge in [-0.3, -0.25) is 0 Å². The first-order valence-corrected chi connectivity index (χ1v) is 10.7. The summed E-state index contributed by atoms with van der Waals surface area (Å²) in [4.78, 5) is 23.3. The maximum Gasteiger partial charge on any atom is 0.336 e. The number of carboxylic acids is 2. The molecule has 0 atom stereocenters. The molecular formula is C14H9O4S4-. The summed E-state index contributed by atoms with van der Waals surface area (Å²) in [6.45, 7) is 0. The van der Waals surface area contributed by atoms with E-state index in [1.807, 2.05) is 0 Å². The topological polar surface area (TPSA) is 77.4 Å². The molecule has 0 radical (unpaired) electrons. The molecule has 0 aliphatic carbocycles. The molecule has 114 valence electrons. The smallest absolute Gasteiger partial charge is 0.336 e. The van der Waals surface area contributed by atoms with E-state index < -0.39 is 11.9 Å². The lowest BCUT2D eigenvalue weighted by atomic mass is 10.2. The minimum atomic E-state index is -1.21. The van der Waals surface area contributed by atoms with Crippen molar-refractivity contribution in [1.82, 2.24) is 0 Å². The molecule has 22 heavy (non-hydrogen) atoms. The molecule has 2 aromatic carbocycles. The Hall–Kier alpha value is -1.22. The first kappa shape index (κ1) is 17.1. The number of carbonyl (C=O) groups excluding carboxylic acids is 1. The molecule has 0 saturated carbocycles. The highest BCUT2D eigenvalue weighted by molar-refractivity contribution is 9.26. The molecule has 0 bridgehead atoms. The summed E-state index contributed by atoms with van der Waals surface area (Å²) in [5.41, 5.74) is 0.400. The van der Waals surface area contributed by atoms with E-state index in [2.05, 4.69) is 0 Å². The van der Waals surface area contributed by atoms with Crippen molar-refractivity contribution in [3.63, 3.8) is 0 Å². The first-order chi connectivity index (χ1) is 10.6. The highest BCUT2D eigenvalue weighted by atomic mass is 33.7. The maximum absolute atomic E-state index is 11.1. The van der Waals surface area contributed by atoms with Crippen molar-refractivity contribution in [3.05, 3.63) is 59.7 Å². The fourth-order valence-electron chi connectivity index (χ4n) is 1.53. The van der Waals surface area contributed by atoms with Gasteiger partial charge in [-0.15, -0.1) is 0 Å². The average Bonchev–Trinajstić information content (AvgIpc) is 2.52. The third-order valence-corrected chi connectivity index (χ3v) is 8.64. The highest BCUT2D eigenvalue weighted by Crippen LogP contribution is 2.50. The van der Waals surface area contributed by atoms with Gasteiger partial charge in [-0.2, -0.15) is 0 Å². The van der Waals surface area contributed by atoms with Crippen LogP contribution in [-0.4, -0.2) is 17.0 Å². The zero-order chi connectivity index (χ0) is 15.9. The Labute approximate surface area is 142 Å². The maximum atomic E-state index is 11.1. The average molecular weight is 369 g/mol. The minimum Gasteiger partial charge on any atom is -0.545 e. The van der Waals surface area contributed by atoms with Crippen molar-refractivity contribution in [2.24, 2.45) is 0 Å². The Bertz CT molecular complexity index is 631. The molecule has 0 spiro atoms. The molecule has 0 aromatic heterocycles. The number of carbonyl (C=O) groups is 2. The number of rotatable bonds is 7. The van der Waals surface area contributed by atoms with Gasteiger partial charge in [0, 0.05) is 15.4 Å². The Balaban J connectivity index is 1.93. The summed E-state index contributed by atoms with van der Waals surface area (Å²) in [6, 6.07) is 13.3. The summed E-state index contributed by atoms with van der Waals surface area (Å²) in [6.07, 6.45) is 0. The second-order valence-corrected chi connectivity index (χ2v) is 9.64. The summed E-state index contributed by atoms with van der Waals surface area (Å²) in [5.74, 6) is -2.18. The van der Waals surface area contributed by atoms with Gasteiger partial charge in [0.05, 0.1) is 11.5 Å². The molecule has 0 aliphatic heterocycles. The fraction of sp³-hybridized carbons (Fsp3) is 0. The van der Waals surface area contributed by atoms with E-state index in [1.165, 1.54) is 47.3 Å². The molecule has 1 N–H and O–H groups in total. The van der Waals surface area contributed by atoms with Crippen LogP contribution in [0.3, 0.4) is 0 Å². The second-order valence-electron chi connectivity index (χ2n) is 3.89. The number of benzene rings is 2. The monoisotopic (exact) mass is 369 g/mol. The zero-order valence-corrected chi connectivity index (χ0v) is 14.2. The number of carboxylic acid groups (broad SMARTS) is 2. The molecule has 0 heterocycles. The standard InChI is InChI=1S/C14H10O4S4/c15-13(16)9-5-1-3-7-11(9)19-21-22-20-12-8-4-2-6-10(12)14(17)18/h1-8H,(H,15,16)(H,17,18)/p-1. The molecule has 0 amide bonds. The van der Waals surface area contributed by atoms with Crippen LogP contribution in [0.5, 0.6) is 0 Å². The van der Waals surface area contributed by atoms with Crippen LogP contribution in [0.1, 0.15) is 20.7 Å². The zero-order valence-electron chi connectivity index (χ0n) is 10.9. The Morgan fingerprint density at radius 1 is 0.818 bits per heavy atom. The predicted molar refractivity (Wildman–Crippen MR) is 91.1 cm³/mol. The summed E-state index contributed by atoms with van der Waals surface area (Å²) < 4.78 is 0. The van der Waals surface area contributed by atoms with E-state index in [1.54, 1.807) is 42.5 Å². The van der Waals surface area contributed by atoms with Crippen molar-refractivity contribution in [2.75, 3.05) is 0 Å². The molecular weight excluding hydrogens is 360 g/mol. The normalized spacial score (nSPS) is 10.4. The second kappa shape index (κ2) is 8.42. The van der Waals surface area contributed by atoms with E-state index in [-0.39, 0.29) is 11.1 Å². The Kier molecular flexibility index (Phi) is 6.56. The molecule has 2 aromatic rings. The Morgan fingerprint density at radius 3 is 1.77 bits per heavy atom. The quantitative estimate of drug-likeness (QED) is 0.582. The van der Waals surface area contributed by atoms with Crippen molar-refractivity contribution in [2.45, 2.75) is 9.79 Å². The number of hydrogen-bond acceptors (Lipinski definition) is 7. The van der Waals surface area contributed by atoms with Gasteiger partial charge >= 0.3 is 5.97 Å². The largest absolute Gasteiger partial charge is 0.545 e. The van der Waals surface area contributed by atoms with Crippen LogP contribution in [0.4, 0.5) is 0 Å². The number of aromatic carboxylic acids is 2. The van der Waals surface area contributed by atoms with Gasteiger partial charge in [-0.25, -0.2) is 4.79 Å². The van der Waals surface area contributed by atoms with Gasteiger partial charge in [0.1, 0.15) is 0 Å².